The molecule has 0 saturated heterocycles. The van der Waals surface area contributed by atoms with E-state index in [9.17, 15) is 4.79 Å². The third kappa shape index (κ3) is 6.30. The summed E-state index contributed by atoms with van der Waals surface area (Å²) in [6, 6.07) is 17.3. The Balaban J connectivity index is 1.81. The predicted octanol–water partition coefficient (Wildman–Crippen LogP) is 2.84. The molecule has 0 saturated carbocycles. The van der Waals surface area contributed by atoms with Crippen molar-refractivity contribution in [1.29, 1.82) is 0 Å². The molecule has 0 spiro atoms. The molecule has 5 nitrogen and oxygen atoms in total. The molecular formula is C19H24N2O3. The Bertz CT molecular complexity index is 632. The number of hydrogen-bond acceptors (Lipinski definition) is 3. The Morgan fingerprint density at radius 2 is 1.88 bits per heavy atom. The first-order chi connectivity index (χ1) is 11.7. The number of aliphatic hydroxyl groups excluding tert-OH is 1. The zero-order chi connectivity index (χ0) is 17.2. The monoisotopic (exact) mass is 328 g/mol. The van der Waals surface area contributed by atoms with Gasteiger partial charge in [0.1, 0.15) is 12.4 Å². The number of para-hydroxylation sites is 1. The van der Waals surface area contributed by atoms with Crippen LogP contribution < -0.4 is 15.4 Å². The number of ether oxygens (including phenoxy) is 1. The summed E-state index contributed by atoms with van der Waals surface area (Å²) in [7, 11) is 0. The van der Waals surface area contributed by atoms with Crippen LogP contribution in [-0.2, 0) is 13.2 Å². The van der Waals surface area contributed by atoms with Crippen LogP contribution in [0, 0.1) is 0 Å². The average molecular weight is 328 g/mol. The molecule has 2 rings (SSSR count). The van der Waals surface area contributed by atoms with Crippen LogP contribution >= 0.6 is 0 Å². The molecule has 0 aliphatic rings. The summed E-state index contributed by atoms with van der Waals surface area (Å²) in [4.78, 5) is 11.8. The predicted molar refractivity (Wildman–Crippen MR) is 93.8 cm³/mol. The van der Waals surface area contributed by atoms with E-state index in [4.69, 9.17) is 9.84 Å². The Hall–Kier alpha value is -2.53. The van der Waals surface area contributed by atoms with Crippen molar-refractivity contribution in [3.8, 4) is 5.75 Å². The summed E-state index contributed by atoms with van der Waals surface area (Å²) in [5, 5.41) is 14.4. The highest BCUT2D eigenvalue weighted by atomic mass is 16.5. The molecule has 0 bridgehead atoms. The molecule has 0 aromatic heterocycles. The average Bonchev–Trinajstić information content (AvgIpc) is 2.60. The Morgan fingerprint density at radius 3 is 2.62 bits per heavy atom. The van der Waals surface area contributed by atoms with Gasteiger partial charge in [-0.25, -0.2) is 4.79 Å². The number of aliphatic hydroxyl groups is 1. The molecule has 128 valence electrons. The first-order valence-electron chi connectivity index (χ1n) is 8.08. The first-order valence-corrected chi connectivity index (χ1v) is 8.08. The number of nitrogens with one attached hydrogen (secondary N) is 2. The van der Waals surface area contributed by atoms with Gasteiger partial charge in [0.15, 0.2) is 0 Å². The van der Waals surface area contributed by atoms with Gasteiger partial charge in [-0.15, -0.1) is 0 Å². The fourth-order valence-corrected chi connectivity index (χ4v) is 2.24. The summed E-state index contributed by atoms with van der Waals surface area (Å²) in [6.07, 6.45) is 0.541. The molecular weight excluding hydrogens is 304 g/mol. The SMILES string of the molecule is C[C@H](CCO)NC(=O)NCc1cccc(COc2ccccc2)c1. The molecule has 0 aliphatic carbocycles. The zero-order valence-corrected chi connectivity index (χ0v) is 13.9. The lowest BCUT2D eigenvalue weighted by Gasteiger charge is -2.13. The van der Waals surface area contributed by atoms with Gasteiger partial charge in [0.05, 0.1) is 0 Å². The van der Waals surface area contributed by atoms with E-state index in [1.165, 1.54) is 0 Å². The lowest BCUT2D eigenvalue weighted by molar-refractivity contribution is 0.230. The van der Waals surface area contributed by atoms with Crippen LogP contribution in [0.5, 0.6) is 5.75 Å². The van der Waals surface area contributed by atoms with E-state index in [0.717, 1.165) is 16.9 Å². The number of urea groups is 1. The van der Waals surface area contributed by atoms with Crippen molar-refractivity contribution in [3.63, 3.8) is 0 Å². The van der Waals surface area contributed by atoms with Crippen molar-refractivity contribution >= 4 is 6.03 Å². The second-order valence-electron chi connectivity index (χ2n) is 5.66. The van der Waals surface area contributed by atoms with Crippen LogP contribution in [0.2, 0.25) is 0 Å². The molecule has 0 heterocycles. The Labute approximate surface area is 142 Å². The van der Waals surface area contributed by atoms with Crippen LogP contribution in [0.1, 0.15) is 24.5 Å². The van der Waals surface area contributed by atoms with Gasteiger partial charge in [0, 0.05) is 19.2 Å². The molecule has 0 unspecified atom stereocenters. The third-order valence-corrected chi connectivity index (χ3v) is 3.53. The summed E-state index contributed by atoms with van der Waals surface area (Å²) >= 11 is 0. The normalized spacial score (nSPS) is 11.6. The van der Waals surface area contributed by atoms with Crippen molar-refractivity contribution in [2.45, 2.75) is 32.5 Å². The topological polar surface area (TPSA) is 70.6 Å². The zero-order valence-electron chi connectivity index (χ0n) is 13.9. The minimum Gasteiger partial charge on any atom is -0.489 e. The highest BCUT2D eigenvalue weighted by Gasteiger charge is 2.06. The largest absolute Gasteiger partial charge is 0.489 e. The smallest absolute Gasteiger partial charge is 0.315 e. The second-order valence-corrected chi connectivity index (χ2v) is 5.66. The number of benzene rings is 2. The van der Waals surface area contributed by atoms with Gasteiger partial charge in [-0.1, -0.05) is 42.5 Å². The van der Waals surface area contributed by atoms with Crippen molar-refractivity contribution in [2.24, 2.45) is 0 Å². The van der Waals surface area contributed by atoms with Crippen molar-refractivity contribution < 1.29 is 14.6 Å². The van der Waals surface area contributed by atoms with Crippen LogP contribution in [0.15, 0.2) is 54.6 Å². The van der Waals surface area contributed by atoms with Crippen LogP contribution in [0.25, 0.3) is 0 Å². The lowest BCUT2D eigenvalue weighted by Crippen LogP contribution is -2.40. The molecule has 1 atom stereocenters. The van der Waals surface area contributed by atoms with E-state index in [0.29, 0.717) is 19.6 Å². The van der Waals surface area contributed by atoms with Crippen molar-refractivity contribution in [2.75, 3.05) is 6.61 Å². The van der Waals surface area contributed by atoms with Crippen LogP contribution in [0.4, 0.5) is 4.79 Å². The molecule has 0 radical (unpaired) electrons. The maximum absolute atomic E-state index is 11.8. The molecule has 5 heteroatoms. The molecule has 2 aromatic carbocycles. The molecule has 24 heavy (non-hydrogen) atoms. The molecule has 3 N–H and O–H groups in total. The molecule has 0 aliphatic heterocycles. The molecule has 2 aromatic rings. The fourth-order valence-electron chi connectivity index (χ4n) is 2.24. The van der Waals surface area contributed by atoms with E-state index in [1.807, 2.05) is 61.5 Å². The van der Waals surface area contributed by atoms with Gasteiger partial charge < -0.3 is 20.5 Å². The van der Waals surface area contributed by atoms with E-state index < -0.39 is 0 Å². The quantitative estimate of drug-likeness (QED) is 0.698. The summed E-state index contributed by atoms with van der Waals surface area (Å²) in [5.74, 6) is 0.832. The van der Waals surface area contributed by atoms with Gasteiger partial charge >= 0.3 is 6.03 Å². The first kappa shape index (κ1) is 17.8. The minimum atomic E-state index is -0.234. The summed E-state index contributed by atoms with van der Waals surface area (Å²) < 4.78 is 5.73. The van der Waals surface area contributed by atoms with Crippen molar-refractivity contribution in [1.82, 2.24) is 10.6 Å². The van der Waals surface area contributed by atoms with Gasteiger partial charge in [0.2, 0.25) is 0 Å². The van der Waals surface area contributed by atoms with E-state index in [2.05, 4.69) is 10.6 Å². The highest BCUT2D eigenvalue weighted by Crippen LogP contribution is 2.12. The Kier molecular flexibility index (Phi) is 7.11. The molecule has 2 amide bonds. The number of carbonyl (C=O) groups is 1. The van der Waals surface area contributed by atoms with Crippen molar-refractivity contribution in [3.05, 3.63) is 65.7 Å². The Morgan fingerprint density at radius 1 is 1.12 bits per heavy atom. The summed E-state index contributed by atoms with van der Waals surface area (Å²) in [6.45, 7) is 2.84. The fraction of sp³-hybridized carbons (Fsp3) is 0.316. The maximum atomic E-state index is 11.8. The highest BCUT2D eigenvalue weighted by molar-refractivity contribution is 5.74. The number of carbonyl (C=O) groups excluding carboxylic acids is 1. The summed E-state index contributed by atoms with van der Waals surface area (Å²) in [5.41, 5.74) is 2.06. The van der Waals surface area contributed by atoms with Gasteiger partial charge in [-0.05, 0) is 36.6 Å². The molecule has 0 fully saturated rings. The third-order valence-electron chi connectivity index (χ3n) is 3.53. The number of amides is 2. The number of rotatable bonds is 8. The number of hydrogen-bond donors (Lipinski definition) is 3. The van der Waals surface area contributed by atoms with Gasteiger partial charge in [-0.3, -0.25) is 0 Å². The van der Waals surface area contributed by atoms with Crippen LogP contribution in [0.3, 0.4) is 0 Å². The van der Waals surface area contributed by atoms with Gasteiger partial charge in [-0.2, -0.15) is 0 Å². The van der Waals surface area contributed by atoms with E-state index >= 15 is 0 Å². The maximum Gasteiger partial charge on any atom is 0.315 e. The van der Waals surface area contributed by atoms with Gasteiger partial charge in [0.25, 0.3) is 0 Å². The second kappa shape index (κ2) is 9.57. The minimum absolute atomic E-state index is 0.0550. The lowest BCUT2D eigenvalue weighted by atomic mass is 10.1. The van der Waals surface area contributed by atoms with E-state index in [1.54, 1.807) is 0 Å². The van der Waals surface area contributed by atoms with E-state index in [-0.39, 0.29) is 18.7 Å². The van der Waals surface area contributed by atoms with Crippen LogP contribution in [-0.4, -0.2) is 23.8 Å². The standard InChI is InChI=1S/C19H24N2O3/c1-15(10-11-22)21-19(23)20-13-16-6-5-7-17(12-16)14-24-18-8-3-2-4-9-18/h2-9,12,15,22H,10-11,13-14H2,1H3,(H2,20,21,23)/t15-/m1/s1.